The van der Waals surface area contributed by atoms with Crippen LogP contribution in [0.2, 0.25) is 0 Å². The van der Waals surface area contributed by atoms with Gasteiger partial charge >= 0.3 is 5.97 Å². The minimum absolute atomic E-state index is 0.254. The molecule has 0 radical (unpaired) electrons. The Morgan fingerprint density at radius 2 is 2.08 bits per heavy atom. The zero-order valence-electron chi connectivity index (χ0n) is 7.21. The summed E-state index contributed by atoms with van der Waals surface area (Å²) in [5.41, 5.74) is 2.03. The maximum absolute atomic E-state index is 10.5. The van der Waals surface area contributed by atoms with Gasteiger partial charge in [-0.1, -0.05) is 12.1 Å². The molecule has 3 nitrogen and oxygen atoms in total. The highest BCUT2D eigenvalue weighted by molar-refractivity contribution is 14.1. The zero-order chi connectivity index (χ0) is 9.68. The van der Waals surface area contributed by atoms with Crippen LogP contribution in [-0.2, 0) is 16.1 Å². The third kappa shape index (κ3) is 3.63. The first-order valence-corrected chi connectivity index (χ1v) is 4.89. The summed E-state index contributed by atoms with van der Waals surface area (Å²) in [6, 6.07) is 7.71. The summed E-state index contributed by atoms with van der Waals surface area (Å²) < 4.78 is 7.82. The molecule has 0 saturated heterocycles. The normalized spacial score (nSPS) is 9.38. The fourth-order valence-electron chi connectivity index (χ4n) is 0.849. The molecule has 0 aliphatic rings. The smallest absolute Gasteiger partial charge is 0.302 e. The molecule has 4 heteroatoms. The molecule has 0 heterocycles. The zero-order valence-corrected chi connectivity index (χ0v) is 9.37. The summed E-state index contributed by atoms with van der Waals surface area (Å²) in [7, 11) is 0. The van der Waals surface area contributed by atoms with E-state index in [9.17, 15) is 4.79 Å². The van der Waals surface area contributed by atoms with Gasteiger partial charge in [-0.25, -0.2) is 0 Å². The van der Waals surface area contributed by atoms with E-state index in [4.69, 9.17) is 4.74 Å². The average Bonchev–Trinajstić information content (AvgIpc) is 2.15. The third-order valence-electron chi connectivity index (χ3n) is 1.51. The molecular formula is C9H10INO2. The SMILES string of the molecule is CC(=O)OCc1ccc(NI)cc1. The van der Waals surface area contributed by atoms with E-state index in [0.717, 1.165) is 11.3 Å². The van der Waals surface area contributed by atoms with Gasteiger partial charge in [-0.3, -0.25) is 4.79 Å². The quantitative estimate of drug-likeness (QED) is 0.528. The fraction of sp³-hybridized carbons (Fsp3) is 0.222. The molecule has 70 valence electrons. The number of carbonyl (C=O) groups is 1. The monoisotopic (exact) mass is 291 g/mol. The van der Waals surface area contributed by atoms with Crippen molar-refractivity contribution < 1.29 is 9.53 Å². The van der Waals surface area contributed by atoms with Crippen molar-refractivity contribution in [2.45, 2.75) is 13.5 Å². The lowest BCUT2D eigenvalue weighted by Crippen LogP contribution is -1.98. The molecule has 1 aromatic rings. The molecule has 0 aliphatic heterocycles. The predicted molar refractivity (Wildman–Crippen MR) is 59.6 cm³/mol. The van der Waals surface area contributed by atoms with Crippen LogP contribution in [0.5, 0.6) is 0 Å². The molecule has 0 saturated carbocycles. The van der Waals surface area contributed by atoms with Gasteiger partial charge in [0.25, 0.3) is 0 Å². The molecule has 0 fully saturated rings. The number of hydrogen-bond donors (Lipinski definition) is 1. The molecule has 0 aliphatic carbocycles. The summed E-state index contributed by atoms with van der Waals surface area (Å²) >= 11 is 2.06. The number of ether oxygens (including phenoxy) is 1. The molecular weight excluding hydrogens is 281 g/mol. The van der Waals surface area contributed by atoms with Crippen LogP contribution in [0.1, 0.15) is 12.5 Å². The third-order valence-corrected chi connectivity index (χ3v) is 2.13. The second kappa shape index (κ2) is 5.06. The summed E-state index contributed by atoms with van der Waals surface area (Å²) in [5.74, 6) is -0.254. The Morgan fingerprint density at radius 1 is 1.46 bits per heavy atom. The van der Waals surface area contributed by atoms with E-state index in [0.29, 0.717) is 6.61 Å². The van der Waals surface area contributed by atoms with Crippen LogP contribution in [0, 0.1) is 0 Å². The number of benzene rings is 1. The van der Waals surface area contributed by atoms with E-state index in [1.165, 1.54) is 6.92 Å². The maximum atomic E-state index is 10.5. The predicted octanol–water partition coefficient (Wildman–Crippen LogP) is 2.51. The topological polar surface area (TPSA) is 38.3 Å². The molecule has 0 bridgehead atoms. The molecule has 1 aromatic carbocycles. The Hall–Kier alpha value is -0.780. The van der Waals surface area contributed by atoms with Gasteiger partial charge in [-0.2, -0.15) is 0 Å². The highest BCUT2D eigenvalue weighted by Crippen LogP contribution is 2.11. The van der Waals surface area contributed by atoms with Crippen molar-refractivity contribution in [1.29, 1.82) is 0 Å². The number of halogens is 1. The van der Waals surface area contributed by atoms with Gasteiger partial charge in [0.15, 0.2) is 0 Å². The van der Waals surface area contributed by atoms with E-state index >= 15 is 0 Å². The van der Waals surface area contributed by atoms with Crippen LogP contribution in [0.25, 0.3) is 0 Å². The van der Waals surface area contributed by atoms with Gasteiger partial charge in [0, 0.05) is 12.6 Å². The molecule has 1 rings (SSSR count). The number of carbonyl (C=O) groups excluding carboxylic acids is 1. The van der Waals surface area contributed by atoms with Crippen molar-refractivity contribution in [2.75, 3.05) is 3.53 Å². The maximum Gasteiger partial charge on any atom is 0.302 e. The second-order valence-electron chi connectivity index (χ2n) is 2.57. The Bertz CT molecular complexity index is 284. The number of esters is 1. The van der Waals surface area contributed by atoms with Crippen molar-refractivity contribution in [3.05, 3.63) is 29.8 Å². The van der Waals surface area contributed by atoms with Gasteiger partial charge in [0.1, 0.15) is 6.61 Å². The Morgan fingerprint density at radius 3 is 2.54 bits per heavy atom. The van der Waals surface area contributed by atoms with E-state index < -0.39 is 0 Å². The highest BCUT2D eigenvalue weighted by atomic mass is 127. The number of hydrogen-bond acceptors (Lipinski definition) is 3. The van der Waals surface area contributed by atoms with Crippen LogP contribution in [-0.4, -0.2) is 5.97 Å². The lowest BCUT2D eigenvalue weighted by Gasteiger charge is -2.02. The molecule has 1 N–H and O–H groups in total. The summed E-state index contributed by atoms with van der Waals surface area (Å²) in [6.07, 6.45) is 0. The van der Waals surface area contributed by atoms with E-state index in [1.807, 2.05) is 24.3 Å². The average molecular weight is 291 g/mol. The minimum Gasteiger partial charge on any atom is -0.461 e. The standard InChI is InChI=1S/C9H10INO2/c1-7(12)13-6-8-2-4-9(11-10)5-3-8/h2-5,11H,6H2,1H3. The van der Waals surface area contributed by atoms with Crippen LogP contribution in [0.4, 0.5) is 5.69 Å². The van der Waals surface area contributed by atoms with Gasteiger partial charge in [0.05, 0.1) is 22.9 Å². The number of anilines is 1. The molecule has 0 amide bonds. The van der Waals surface area contributed by atoms with Crippen LogP contribution in [0.3, 0.4) is 0 Å². The molecule has 0 atom stereocenters. The summed E-state index contributed by atoms with van der Waals surface area (Å²) in [4.78, 5) is 10.5. The summed E-state index contributed by atoms with van der Waals surface area (Å²) in [5, 5.41) is 0. The van der Waals surface area contributed by atoms with Crippen LogP contribution >= 0.6 is 22.9 Å². The number of rotatable bonds is 3. The number of nitrogens with one attached hydrogen (secondary N) is 1. The van der Waals surface area contributed by atoms with Crippen molar-refractivity contribution in [2.24, 2.45) is 0 Å². The lowest BCUT2D eigenvalue weighted by molar-refractivity contribution is -0.142. The summed E-state index contributed by atoms with van der Waals surface area (Å²) in [6.45, 7) is 1.75. The largest absolute Gasteiger partial charge is 0.461 e. The molecule has 13 heavy (non-hydrogen) atoms. The van der Waals surface area contributed by atoms with Gasteiger partial charge < -0.3 is 8.27 Å². The van der Waals surface area contributed by atoms with Crippen LogP contribution < -0.4 is 3.53 Å². The van der Waals surface area contributed by atoms with Gasteiger partial charge in [0.2, 0.25) is 0 Å². The first-order chi connectivity index (χ1) is 6.22. The first kappa shape index (κ1) is 10.3. The van der Waals surface area contributed by atoms with Crippen molar-refractivity contribution in [1.82, 2.24) is 0 Å². The second-order valence-corrected chi connectivity index (χ2v) is 3.11. The van der Waals surface area contributed by atoms with Gasteiger partial charge in [-0.05, 0) is 17.7 Å². The highest BCUT2D eigenvalue weighted by Gasteiger charge is 1.95. The first-order valence-electron chi connectivity index (χ1n) is 3.81. The lowest BCUT2D eigenvalue weighted by atomic mass is 10.2. The van der Waals surface area contributed by atoms with Crippen molar-refractivity contribution in [3.63, 3.8) is 0 Å². The van der Waals surface area contributed by atoms with E-state index in [2.05, 4.69) is 26.4 Å². The van der Waals surface area contributed by atoms with E-state index in [1.54, 1.807) is 0 Å². The Balaban J connectivity index is 2.54. The molecule has 0 spiro atoms. The Labute approximate surface area is 91.0 Å². The van der Waals surface area contributed by atoms with E-state index in [-0.39, 0.29) is 5.97 Å². The molecule has 0 aromatic heterocycles. The van der Waals surface area contributed by atoms with Crippen LogP contribution in [0.15, 0.2) is 24.3 Å². The minimum atomic E-state index is -0.254. The van der Waals surface area contributed by atoms with Crippen molar-refractivity contribution in [3.8, 4) is 0 Å². The van der Waals surface area contributed by atoms with Gasteiger partial charge in [-0.15, -0.1) is 0 Å². The molecule has 0 unspecified atom stereocenters. The van der Waals surface area contributed by atoms with Crippen molar-refractivity contribution >= 4 is 34.5 Å². The fourth-order valence-corrected chi connectivity index (χ4v) is 1.21. The Kier molecular flexibility index (Phi) is 4.01.